The largest absolute Gasteiger partial charge is 0.492 e. The maximum Gasteiger partial charge on any atom is 0.224 e. The van der Waals surface area contributed by atoms with E-state index >= 15 is 0 Å². The normalized spacial score (nSPS) is 18.1. The minimum atomic E-state index is -3.06. The first-order valence-electron chi connectivity index (χ1n) is 9.28. The molecular formula is C19H28N2O5S. The molecule has 27 heavy (non-hydrogen) atoms. The van der Waals surface area contributed by atoms with E-state index in [4.69, 9.17) is 4.74 Å². The summed E-state index contributed by atoms with van der Waals surface area (Å²) in [7, 11) is -3.06. The number of hydrogen-bond acceptors (Lipinski definition) is 5. The van der Waals surface area contributed by atoms with Crippen LogP contribution in [0.15, 0.2) is 24.3 Å². The number of anilines is 1. The topological polar surface area (TPSA) is 84.0 Å². The molecule has 0 spiro atoms. The van der Waals surface area contributed by atoms with Gasteiger partial charge in [0, 0.05) is 32.5 Å². The summed E-state index contributed by atoms with van der Waals surface area (Å²) in [4.78, 5) is 28.0. The molecule has 2 rings (SSSR count). The zero-order valence-corrected chi connectivity index (χ0v) is 17.0. The summed E-state index contributed by atoms with van der Waals surface area (Å²) < 4.78 is 29.0. The monoisotopic (exact) mass is 396 g/mol. The molecule has 2 amide bonds. The highest BCUT2D eigenvalue weighted by Gasteiger charge is 2.34. The highest BCUT2D eigenvalue weighted by molar-refractivity contribution is 7.91. The van der Waals surface area contributed by atoms with Crippen molar-refractivity contribution in [3.63, 3.8) is 0 Å². The summed E-state index contributed by atoms with van der Waals surface area (Å²) in [6.45, 7) is 6.31. The Morgan fingerprint density at radius 3 is 2.48 bits per heavy atom. The highest BCUT2D eigenvalue weighted by Crippen LogP contribution is 2.28. The molecule has 1 heterocycles. The van der Waals surface area contributed by atoms with Crippen LogP contribution in [-0.2, 0) is 19.4 Å². The van der Waals surface area contributed by atoms with E-state index in [2.05, 4.69) is 0 Å². The van der Waals surface area contributed by atoms with Crippen LogP contribution in [-0.4, -0.2) is 62.4 Å². The van der Waals surface area contributed by atoms with Gasteiger partial charge in [0.1, 0.15) is 5.75 Å². The van der Waals surface area contributed by atoms with Crippen LogP contribution in [0.1, 0.15) is 33.6 Å². The summed E-state index contributed by atoms with van der Waals surface area (Å²) in [6.07, 6.45) is 0.607. The average Bonchev–Trinajstić information content (AvgIpc) is 2.96. The Hall–Kier alpha value is -2.09. The average molecular weight is 397 g/mol. The maximum absolute atomic E-state index is 12.7. The van der Waals surface area contributed by atoms with E-state index in [0.717, 1.165) is 0 Å². The Morgan fingerprint density at radius 2 is 1.93 bits per heavy atom. The number of nitrogens with zero attached hydrogens (tertiary/aromatic N) is 2. The van der Waals surface area contributed by atoms with Gasteiger partial charge >= 0.3 is 0 Å². The smallest absolute Gasteiger partial charge is 0.224 e. The minimum Gasteiger partial charge on any atom is -0.492 e. The second-order valence-electron chi connectivity index (χ2n) is 6.56. The van der Waals surface area contributed by atoms with Crippen molar-refractivity contribution >= 4 is 27.3 Å². The molecule has 0 aliphatic carbocycles. The summed E-state index contributed by atoms with van der Waals surface area (Å²) in [5.74, 6) is 0.428. The van der Waals surface area contributed by atoms with E-state index in [9.17, 15) is 18.0 Å². The molecule has 8 heteroatoms. The number of amides is 2. The maximum atomic E-state index is 12.7. The van der Waals surface area contributed by atoms with Crippen molar-refractivity contribution in [1.29, 1.82) is 0 Å². The molecule has 1 unspecified atom stereocenters. The van der Waals surface area contributed by atoms with Crippen molar-refractivity contribution in [3.05, 3.63) is 24.3 Å². The number of ether oxygens (including phenoxy) is 1. The van der Waals surface area contributed by atoms with E-state index in [1.807, 2.05) is 26.0 Å². The Kier molecular flexibility index (Phi) is 7.24. The summed E-state index contributed by atoms with van der Waals surface area (Å²) in [5.41, 5.74) is 0.631. The fourth-order valence-corrected chi connectivity index (χ4v) is 5.15. The highest BCUT2D eigenvalue weighted by atomic mass is 32.2. The molecule has 0 radical (unpaired) electrons. The first-order chi connectivity index (χ1) is 12.8. The summed E-state index contributed by atoms with van der Waals surface area (Å²) in [6, 6.07) is 6.96. The molecule has 1 atom stereocenters. The Bertz CT molecular complexity index is 778. The number of benzene rings is 1. The van der Waals surface area contributed by atoms with Crippen LogP contribution >= 0.6 is 0 Å². The van der Waals surface area contributed by atoms with Gasteiger partial charge in [-0.25, -0.2) is 8.42 Å². The minimum absolute atomic E-state index is 0.0240. The van der Waals surface area contributed by atoms with Crippen LogP contribution < -0.4 is 9.64 Å². The fourth-order valence-electron chi connectivity index (χ4n) is 3.42. The van der Waals surface area contributed by atoms with E-state index in [-0.39, 0.29) is 42.3 Å². The standard InChI is InChI=1S/C19H28N2O5S/c1-4-20(16-11-13-27(24,25)14-16)19(23)10-12-21(15(3)22)17-8-6-7-9-18(17)26-5-2/h6-9,16H,4-5,10-14H2,1-3H3. The molecular weight excluding hydrogens is 368 g/mol. The summed E-state index contributed by atoms with van der Waals surface area (Å²) >= 11 is 0. The zero-order valence-electron chi connectivity index (χ0n) is 16.2. The van der Waals surface area contributed by atoms with Crippen LogP contribution in [0, 0.1) is 0 Å². The van der Waals surface area contributed by atoms with Crippen LogP contribution in [0.5, 0.6) is 5.75 Å². The van der Waals surface area contributed by atoms with Gasteiger partial charge in [-0.15, -0.1) is 0 Å². The van der Waals surface area contributed by atoms with Gasteiger partial charge in [0.2, 0.25) is 11.8 Å². The molecule has 0 bridgehead atoms. The molecule has 1 fully saturated rings. The van der Waals surface area contributed by atoms with Gasteiger partial charge in [-0.1, -0.05) is 12.1 Å². The Labute approximate surface area is 161 Å². The van der Waals surface area contributed by atoms with E-state index < -0.39 is 9.84 Å². The van der Waals surface area contributed by atoms with Crippen LogP contribution in [0.2, 0.25) is 0 Å². The van der Waals surface area contributed by atoms with Crippen molar-refractivity contribution in [1.82, 2.24) is 4.90 Å². The first kappa shape index (κ1) is 21.2. The molecule has 0 aromatic heterocycles. The van der Waals surface area contributed by atoms with E-state index in [1.54, 1.807) is 17.0 Å². The van der Waals surface area contributed by atoms with Crippen molar-refractivity contribution in [2.45, 2.75) is 39.7 Å². The molecule has 1 aromatic carbocycles. The summed E-state index contributed by atoms with van der Waals surface area (Å²) in [5, 5.41) is 0. The quantitative estimate of drug-likeness (QED) is 0.670. The van der Waals surface area contributed by atoms with Gasteiger partial charge in [0.05, 0.1) is 23.8 Å². The lowest BCUT2D eigenvalue weighted by atomic mass is 10.2. The third-order valence-electron chi connectivity index (χ3n) is 4.70. The molecule has 1 aliphatic heterocycles. The number of carbonyl (C=O) groups is 2. The van der Waals surface area contributed by atoms with Crippen LogP contribution in [0.25, 0.3) is 0 Å². The van der Waals surface area contributed by atoms with E-state index in [0.29, 0.717) is 31.0 Å². The lowest BCUT2D eigenvalue weighted by molar-refractivity contribution is -0.132. The van der Waals surface area contributed by atoms with E-state index in [1.165, 1.54) is 11.8 Å². The van der Waals surface area contributed by atoms with Gasteiger partial charge in [-0.05, 0) is 32.4 Å². The van der Waals surface area contributed by atoms with Gasteiger partial charge < -0.3 is 14.5 Å². The third-order valence-corrected chi connectivity index (χ3v) is 6.45. The second kappa shape index (κ2) is 9.21. The first-order valence-corrected chi connectivity index (χ1v) is 11.1. The lowest BCUT2D eigenvalue weighted by Gasteiger charge is -2.29. The second-order valence-corrected chi connectivity index (χ2v) is 8.79. The molecule has 1 saturated heterocycles. The SMILES string of the molecule is CCOc1ccccc1N(CCC(=O)N(CC)C1CCS(=O)(=O)C1)C(C)=O. The molecule has 1 aromatic rings. The van der Waals surface area contributed by atoms with Crippen LogP contribution in [0.3, 0.4) is 0 Å². The van der Waals surface area contributed by atoms with Crippen molar-refractivity contribution < 1.29 is 22.7 Å². The molecule has 150 valence electrons. The predicted molar refractivity (Wildman–Crippen MR) is 105 cm³/mol. The van der Waals surface area contributed by atoms with Crippen molar-refractivity contribution in [2.24, 2.45) is 0 Å². The molecule has 0 N–H and O–H groups in total. The predicted octanol–water partition coefficient (Wildman–Crippen LogP) is 1.86. The van der Waals surface area contributed by atoms with Crippen LogP contribution in [0.4, 0.5) is 5.69 Å². The fraction of sp³-hybridized carbons (Fsp3) is 0.579. The third kappa shape index (κ3) is 5.45. The Morgan fingerprint density at radius 1 is 1.22 bits per heavy atom. The number of para-hydroxylation sites is 2. The molecule has 7 nitrogen and oxygen atoms in total. The van der Waals surface area contributed by atoms with Gasteiger partial charge in [-0.3, -0.25) is 9.59 Å². The van der Waals surface area contributed by atoms with Gasteiger partial charge in [0.15, 0.2) is 9.84 Å². The molecule has 1 aliphatic rings. The number of sulfone groups is 1. The Balaban J connectivity index is 2.09. The number of carbonyl (C=O) groups excluding carboxylic acids is 2. The number of hydrogen-bond donors (Lipinski definition) is 0. The molecule has 0 saturated carbocycles. The number of rotatable bonds is 8. The van der Waals surface area contributed by atoms with Crippen molar-refractivity contribution in [2.75, 3.05) is 36.1 Å². The van der Waals surface area contributed by atoms with Gasteiger partial charge in [0.25, 0.3) is 0 Å². The zero-order chi connectivity index (χ0) is 20.0. The van der Waals surface area contributed by atoms with Crippen molar-refractivity contribution in [3.8, 4) is 5.75 Å². The lowest BCUT2D eigenvalue weighted by Crippen LogP contribution is -2.42. The van der Waals surface area contributed by atoms with Gasteiger partial charge in [-0.2, -0.15) is 0 Å².